The van der Waals surface area contributed by atoms with Gasteiger partial charge in [0.15, 0.2) is 11.5 Å². The van der Waals surface area contributed by atoms with Gasteiger partial charge in [0.1, 0.15) is 0 Å². The molecule has 2 N–H and O–H groups in total. The maximum atomic E-state index is 12.7. The van der Waals surface area contributed by atoms with Crippen LogP contribution in [-0.4, -0.2) is 22.6 Å². The number of benzene rings is 2. The van der Waals surface area contributed by atoms with E-state index in [0.717, 1.165) is 4.47 Å². The second kappa shape index (κ2) is 9.16. The lowest BCUT2D eigenvalue weighted by atomic mass is 9.91. The van der Waals surface area contributed by atoms with E-state index in [1.807, 2.05) is 0 Å². The summed E-state index contributed by atoms with van der Waals surface area (Å²) in [6, 6.07) is 11.4. The first-order chi connectivity index (χ1) is 12.3. The summed E-state index contributed by atoms with van der Waals surface area (Å²) < 4.78 is 0.827. The third kappa shape index (κ3) is 5.06. The van der Waals surface area contributed by atoms with E-state index in [0.29, 0.717) is 21.3 Å². The number of carboxylic acids is 1. The molecule has 8 heteroatoms. The fourth-order valence-corrected chi connectivity index (χ4v) is 3.01. The van der Waals surface area contributed by atoms with Crippen LogP contribution >= 0.6 is 39.1 Å². The van der Waals surface area contributed by atoms with Gasteiger partial charge in [-0.2, -0.15) is 5.10 Å². The van der Waals surface area contributed by atoms with Crippen LogP contribution in [0.1, 0.15) is 23.7 Å². The number of hydrogen-bond acceptors (Lipinski definition) is 4. The van der Waals surface area contributed by atoms with Crippen LogP contribution in [0.4, 0.5) is 5.69 Å². The van der Waals surface area contributed by atoms with Gasteiger partial charge in [0.05, 0.1) is 16.6 Å². The molecule has 0 saturated carbocycles. The van der Waals surface area contributed by atoms with Crippen LogP contribution in [0.5, 0.6) is 0 Å². The van der Waals surface area contributed by atoms with Gasteiger partial charge in [0.25, 0.3) is 0 Å². The standard InChI is InChI=1S/C18H15BrCl2N2O3/c1-2-13(17(24)10-3-5-11(19)6-4-10)16(18(25)26)23-22-15-8-7-12(20)9-14(15)21/h3-9,13,22H,2H2,1H3,(H,25,26)/b23-16-. The summed E-state index contributed by atoms with van der Waals surface area (Å²) >= 11 is 15.2. The number of carbonyl (C=O) groups is 2. The zero-order chi connectivity index (χ0) is 19.3. The Morgan fingerprint density at radius 1 is 1.19 bits per heavy atom. The van der Waals surface area contributed by atoms with Crippen molar-refractivity contribution in [2.24, 2.45) is 11.0 Å². The number of aliphatic carboxylic acids is 1. The molecule has 1 atom stereocenters. The number of carboxylic acid groups (broad SMARTS) is 1. The van der Waals surface area contributed by atoms with Crippen molar-refractivity contribution in [3.8, 4) is 0 Å². The highest BCUT2D eigenvalue weighted by molar-refractivity contribution is 9.10. The van der Waals surface area contributed by atoms with Crippen molar-refractivity contribution in [1.29, 1.82) is 0 Å². The Hall–Kier alpha value is -1.89. The minimum atomic E-state index is -1.28. The van der Waals surface area contributed by atoms with E-state index < -0.39 is 11.9 Å². The van der Waals surface area contributed by atoms with Crippen molar-refractivity contribution in [3.05, 3.63) is 62.5 Å². The fourth-order valence-electron chi connectivity index (χ4n) is 2.29. The lowest BCUT2D eigenvalue weighted by molar-refractivity contribution is -0.129. The van der Waals surface area contributed by atoms with Crippen molar-refractivity contribution in [1.82, 2.24) is 0 Å². The molecule has 0 aromatic heterocycles. The molecular formula is C18H15BrCl2N2O3. The van der Waals surface area contributed by atoms with Crippen molar-refractivity contribution in [2.45, 2.75) is 13.3 Å². The van der Waals surface area contributed by atoms with Crippen LogP contribution in [0.2, 0.25) is 10.0 Å². The number of nitrogens with zero attached hydrogens (tertiary/aromatic N) is 1. The first kappa shape index (κ1) is 20.4. The Morgan fingerprint density at radius 2 is 1.85 bits per heavy atom. The van der Waals surface area contributed by atoms with Gasteiger partial charge in [0, 0.05) is 15.1 Å². The maximum absolute atomic E-state index is 12.7. The molecule has 5 nitrogen and oxygen atoms in total. The van der Waals surface area contributed by atoms with E-state index in [1.165, 1.54) is 6.07 Å². The molecule has 2 aromatic rings. The Balaban J connectivity index is 2.31. The molecule has 0 saturated heterocycles. The van der Waals surface area contributed by atoms with Crippen LogP contribution < -0.4 is 5.43 Å². The molecule has 0 aliphatic carbocycles. The van der Waals surface area contributed by atoms with Gasteiger partial charge in [-0.1, -0.05) is 58.2 Å². The van der Waals surface area contributed by atoms with Gasteiger partial charge in [-0.15, -0.1) is 0 Å². The maximum Gasteiger partial charge on any atom is 0.352 e. The first-order valence-corrected chi connectivity index (χ1v) is 9.20. The van der Waals surface area contributed by atoms with Crippen LogP contribution in [0.25, 0.3) is 0 Å². The normalized spacial score (nSPS) is 12.5. The van der Waals surface area contributed by atoms with Crippen molar-refractivity contribution in [3.63, 3.8) is 0 Å². The van der Waals surface area contributed by atoms with Gasteiger partial charge < -0.3 is 5.11 Å². The van der Waals surface area contributed by atoms with E-state index in [9.17, 15) is 14.7 Å². The molecule has 2 aromatic carbocycles. The molecule has 0 amide bonds. The zero-order valence-corrected chi connectivity index (χ0v) is 16.8. The van der Waals surface area contributed by atoms with Gasteiger partial charge in [0.2, 0.25) is 0 Å². The van der Waals surface area contributed by atoms with Crippen LogP contribution in [0.15, 0.2) is 52.0 Å². The average Bonchev–Trinajstić information content (AvgIpc) is 2.60. The predicted molar refractivity (Wildman–Crippen MR) is 107 cm³/mol. The minimum absolute atomic E-state index is 0.286. The Morgan fingerprint density at radius 3 is 2.38 bits per heavy atom. The van der Waals surface area contributed by atoms with Gasteiger partial charge >= 0.3 is 5.97 Å². The lowest BCUT2D eigenvalue weighted by Crippen LogP contribution is -2.31. The smallest absolute Gasteiger partial charge is 0.352 e. The van der Waals surface area contributed by atoms with Gasteiger partial charge in [-0.25, -0.2) is 4.79 Å². The summed E-state index contributed by atoms with van der Waals surface area (Å²) in [5, 5.41) is 14.2. The average molecular weight is 458 g/mol. The highest BCUT2D eigenvalue weighted by atomic mass is 79.9. The van der Waals surface area contributed by atoms with Gasteiger partial charge in [-0.3, -0.25) is 10.2 Å². The zero-order valence-electron chi connectivity index (χ0n) is 13.7. The Kier molecular flexibility index (Phi) is 7.20. The van der Waals surface area contributed by atoms with Crippen LogP contribution in [0, 0.1) is 5.92 Å². The molecule has 0 heterocycles. The largest absolute Gasteiger partial charge is 0.477 e. The van der Waals surface area contributed by atoms with E-state index in [4.69, 9.17) is 23.2 Å². The second-order valence-corrected chi connectivity index (χ2v) is 7.13. The van der Waals surface area contributed by atoms with Crippen molar-refractivity contribution in [2.75, 3.05) is 5.43 Å². The lowest BCUT2D eigenvalue weighted by Gasteiger charge is -2.14. The number of halogens is 3. The molecule has 0 fully saturated rings. The van der Waals surface area contributed by atoms with E-state index in [2.05, 4.69) is 26.5 Å². The summed E-state index contributed by atoms with van der Waals surface area (Å²) in [7, 11) is 0. The second-order valence-electron chi connectivity index (χ2n) is 5.37. The number of hydrazone groups is 1. The van der Waals surface area contributed by atoms with E-state index >= 15 is 0 Å². The number of Topliss-reactive ketones (excluding diaryl/α,β-unsaturated/α-hetero) is 1. The van der Waals surface area contributed by atoms with Gasteiger partial charge in [-0.05, 0) is 36.8 Å². The monoisotopic (exact) mass is 456 g/mol. The number of anilines is 1. The molecule has 0 radical (unpaired) electrons. The molecule has 1 unspecified atom stereocenters. The summed E-state index contributed by atoms with van der Waals surface area (Å²) in [5.74, 6) is -2.49. The molecule has 0 spiro atoms. The quantitative estimate of drug-likeness (QED) is 0.326. The van der Waals surface area contributed by atoms with Crippen LogP contribution in [-0.2, 0) is 4.79 Å². The van der Waals surface area contributed by atoms with E-state index in [1.54, 1.807) is 43.3 Å². The number of carbonyl (C=O) groups excluding carboxylic acids is 1. The summed E-state index contributed by atoms with van der Waals surface area (Å²) in [6.07, 6.45) is 0.288. The molecule has 2 rings (SSSR count). The molecule has 136 valence electrons. The summed E-state index contributed by atoms with van der Waals surface area (Å²) in [6.45, 7) is 1.73. The third-order valence-electron chi connectivity index (χ3n) is 3.63. The summed E-state index contributed by atoms with van der Waals surface area (Å²) in [5.41, 5.74) is 3.13. The first-order valence-electron chi connectivity index (χ1n) is 7.65. The molecule has 0 aliphatic heterocycles. The molecule has 0 bridgehead atoms. The number of rotatable bonds is 7. The van der Waals surface area contributed by atoms with Crippen LogP contribution in [0.3, 0.4) is 0 Å². The minimum Gasteiger partial charge on any atom is -0.477 e. The van der Waals surface area contributed by atoms with E-state index in [-0.39, 0.29) is 17.9 Å². The van der Waals surface area contributed by atoms with Crippen molar-refractivity contribution < 1.29 is 14.7 Å². The highest BCUT2D eigenvalue weighted by Gasteiger charge is 2.29. The summed E-state index contributed by atoms with van der Waals surface area (Å²) in [4.78, 5) is 24.4. The number of nitrogens with one attached hydrogen (secondary N) is 1. The topological polar surface area (TPSA) is 78.8 Å². The predicted octanol–water partition coefficient (Wildman–Crippen LogP) is 5.52. The third-order valence-corrected chi connectivity index (χ3v) is 4.71. The van der Waals surface area contributed by atoms with Crippen molar-refractivity contribution >= 4 is 62.3 Å². The Labute approximate surface area is 169 Å². The molecule has 26 heavy (non-hydrogen) atoms. The SMILES string of the molecule is CCC(C(=O)c1ccc(Br)cc1)/C(=N/Nc1ccc(Cl)cc1Cl)C(=O)O. The number of ketones is 1. The molecule has 0 aliphatic rings. The molecular weight excluding hydrogens is 443 g/mol. The highest BCUT2D eigenvalue weighted by Crippen LogP contribution is 2.26. The Bertz CT molecular complexity index is 854. The number of hydrogen-bond donors (Lipinski definition) is 2. The fraction of sp³-hybridized carbons (Fsp3) is 0.167.